The predicted octanol–water partition coefficient (Wildman–Crippen LogP) is 3.59. The number of hydrogen-bond donors (Lipinski definition) is 0. The predicted molar refractivity (Wildman–Crippen MR) is 105 cm³/mol. The van der Waals surface area contributed by atoms with Gasteiger partial charge in [0.2, 0.25) is 5.75 Å². The van der Waals surface area contributed by atoms with Crippen LogP contribution in [0.3, 0.4) is 0 Å². The van der Waals surface area contributed by atoms with Crippen LogP contribution in [0, 0.1) is 0 Å². The Balaban J connectivity index is 2.22. The SMILES string of the molecule is CCOc1cc(C(=O)N(C)CCc2ccncc2)cc(OCC)c1OCC. The second-order valence-electron chi connectivity index (χ2n) is 5.93. The second kappa shape index (κ2) is 10.4. The van der Waals surface area contributed by atoms with Crippen LogP contribution in [0.2, 0.25) is 0 Å². The van der Waals surface area contributed by atoms with Crippen molar-refractivity contribution in [3.8, 4) is 17.2 Å². The molecule has 0 aliphatic carbocycles. The summed E-state index contributed by atoms with van der Waals surface area (Å²) in [5, 5.41) is 0. The van der Waals surface area contributed by atoms with Gasteiger partial charge in [0.15, 0.2) is 11.5 Å². The van der Waals surface area contributed by atoms with Gasteiger partial charge in [-0.2, -0.15) is 0 Å². The summed E-state index contributed by atoms with van der Waals surface area (Å²) in [4.78, 5) is 18.6. The van der Waals surface area contributed by atoms with E-state index in [1.54, 1.807) is 36.5 Å². The van der Waals surface area contributed by atoms with E-state index >= 15 is 0 Å². The zero-order chi connectivity index (χ0) is 19.6. The van der Waals surface area contributed by atoms with E-state index in [0.717, 1.165) is 12.0 Å². The lowest BCUT2D eigenvalue weighted by molar-refractivity contribution is 0.0795. The van der Waals surface area contributed by atoms with Crippen LogP contribution in [-0.4, -0.2) is 49.2 Å². The highest BCUT2D eigenvalue weighted by Gasteiger charge is 2.20. The van der Waals surface area contributed by atoms with E-state index in [-0.39, 0.29) is 5.91 Å². The Bertz CT molecular complexity index is 707. The van der Waals surface area contributed by atoms with Gasteiger partial charge in [-0.05, 0) is 57.0 Å². The highest BCUT2D eigenvalue weighted by molar-refractivity contribution is 5.95. The summed E-state index contributed by atoms with van der Waals surface area (Å²) in [5.74, 6) is 1.50. The van der Waals surface area contributed by atoms with Crippen LogP contribution >= 0.6 is 0 Å². The molecule has 1 aromatic carbocycles. The molecule has 0 spiro atoms. The van der Waals surface area contributed by atoms with Gasteiger partial charge >= 0.3 is 0 Å². The molecule has 1 aromatic heterocycles. The molecule has 1 amide bonds. The van der Waals surface area contributed by atoms with E-state index in [1.807, 2.05) is 32.9 Å². The van der Waals surface area contributed by atoms with E-state index in [9.17, 15) is 4.79 Å². The van der Waals surface area contributed by atoms with E-state index in [4.69, 9.17) is 14.2 Å². The van der Waals surface area contributed by atoms with Crippen molar-refractivity contribution in [3.63, 3.8) is 0 Å². The highest BCUT2D eigenvalue weighted by atomic mass is 16.5. The molecule has 0 atom stereocenters. The molecule has 0 fully saturated rings. The average Bonchev–Trinajstić information content (AvgIpc) is 2.69. The summed E-state index contributed by atoms with van der Waals surface area (Å²) in [6.07, 6.45) is 4.27. The van der Waals surface area contributed by atoms with E-state index < -0.39 is 0 Å². The monoisotopic (exact) mass is 372 g/mol. The molecule has 0 radical (unpaired) electrons. The Labute approximate surface area is 161 Å². The molecule has 0 N–H and O–H groups in total. The molecule has 6 nitrogen and oxygen atoms in total. The Hall–Kier alpha value is -2.76. The van der Waals surface area contributed by atoms with Crippen LogP contribution in [0.4, 0.5) is 0 Å². The number of carbonyl (C=O) groups is 1. The van der Waals surface area contributed by atoms with Gasteiger partial charge in [0.05, 0.1) is 19.8 Å². The molecule has 0 bridgehead atoms. The number of pyridine rings is 1. The first-order valence-electron chi connectivity index (χ1n) is 9.31. The van der Waals surface area contributed by atoms with Crippen molar-refractivity contribution < 1.29 is 19.0 Å². The van der Waals surface area contributed by atoms with Crippen molar-refractivity contribution in [2.24, 2.45) is 0 Å². The fourth-order valence-corrected chi connectivity index (χ4v) is 2.68. The fourth-order valence-electron chi connectivity index (χ4n) is 2.68. The van der Waals surface area contributed by atoms with Crippen molar-refractivity contribution in [1.29, 1.82) is 0 Å². The molecule has 0 aliphatic rings. The molecule has 0 unspecified atom stereocenters. The van der Waals surface area contributed by atoms with Gasteiger partial charge in [-0.3, -0.25) is 9.78 Å². The number of rotatable bonds is 10. The summed E-state index contributed by atoms with van der Waals surface area (Å²) < 4.78 is 17.1. The first-order chi connectivity index (χ1) is 13.1. The Kier molecular flexibility index (Phi) is 7.92. The van der Waals surface area contributed by atoms with Gasteiger partial charge in [-0.25, -0.2) is 0 Å². The largest absolute Gasteiger partial charge is 0.490 e. The molecule has 146 valence electrons. The van der Waals surface area contributed by atoms with Crippen LogP contribution in [0.5, 0.6) is 17.2 Å². The standard InChI is InChI=1S/C21H28N2O4/c1-5-25-18-14-17(15-19(26-6-2)20(18)27-7-3)21(24)23(4)13-10-16-8-11-22-12-9-16/h8-9,11-12,14-15H,5-7,10,13H2,1-4H3. The van der Waals surface area contributed by atoms with Crippen molar-refractivity contribution in [3.05, 3.63) is 47.8 Å². The number of amides is 1. The number of carbonyl (C=O) groups excluding carboxylic acids is 1. The first-order valence-corrected chi connectivity index (χ1v) is 9.31. The second-order valence-corrected chi connectivity index (χ2v) is 5.93. The summed E-state index contributed by atoms with van der Waals surface area (Å²) in [7, 11) is 1.79. The number of hydrogen-bond acceptors (Lipinski definition) is 5. The minimum Gasteiger partial charge on any atom is -0.490 e. The summed E-state index contributed by atoms with van der Waals surface area (Å²) in [6.45, 7) is 7.72. The quantitative estimate of drug-likeness (QED) is 0.638. The van der Waals surface area contributed by atoms with E-state index in [1.165, 1.54) is 0 Å². The van der Waals surface area contributed by atoms with Gasteiger partial charge < -0.3 is 19.1 Å². The van der Waals surface area contributed by atoms with Crippen LogP contribution in [-0.2, 0) is 6.42 Å². The van der Waals surface area contributed by atoms with E-state index in [0.29, 0.717) is 49.2 Å². The molecule has 0 saturated carbocycles. The Morgan fingerprint density at radius 3 is 2.04 bits per heavy atom. The third kappa shape index (κ3) is 5.61. The Morgan fingerprint density at radius 1 is 0.963 bits per heavy atom. The third-order valence-electron chi connectivity index (χ3n) is 3.99. The van der Waals surface area contributed by atoms with Crippen molar-refractivity contribution in [1.82, 2.24) is 9.88 Å². The van der Waals surface area contributed by atoms with Crippen LogP contribution < -0.4 is 14.2 Å². The van der Waals surface area contributed by atoms with Gasteiger partial charge in [-0.15, -0.1) is 0 Å². The minimum absolute atomic E-state index is 0.0889. The molecule has 0 aliphatic heterocycles. The van der Waals surface area contributed by atoms with Gasteiger partial charge in [0.25, 0.3) is 5.91 Å². The molecule has 0 saturated heterocycles. The van der Waals surface area contributed by atoms with Crippen LogP contribution in [0.1, 0.15) is 36.7 Å². The lowest BCUT2D eigenvalue weighted by atomic mass is 10.1. The fraction of sp³-hybridized carbons (Fsp3) is 0.429. The summed E-state index contributed by atoms with van der Waals surface area (Å²) in [6, 6.07) is 7.36. The molecule has 6 heteroatoms. The smallest absolute Gasteiger partial charge is 0.253 e. The van der Waals surface area contributed by atoms with Gasteiger partial charge in [-0.1, -0.05) is 0 Å². The molecule has 2 aromatic rings. The van der Waals surface area contributed by atoms with Gasteiger partial charge in [0, 0.05) is 31.5 Å². The molecule has 2 rings (SSSR count). The lowest BCUT2D eigenvalue weighted by Gasteiger charge is -2.20. The summed E-state index contributed by atoms with van der Waals surface area (Å²) >= 11 is 0. The number of nitrogens with zero attached hydrogens (tertiary/aromatic N) is 2. The summed E-state index contributed by atoms with van der Waals surface area (Å²) in [5.41, 5.74) is 1.66. The zero-order valence-electron chi connectivity index (χ0n) is 16.5. The van der Waals surface area contributed by atoms with E-state index in [2.05, 4.69) is 4.98 Å². The van der Waals surface area contributed by atoms with Crippen molar-refractivity contribution >= 4 is 5.91 Å². The molecular formula is C21H28N2O4. The number of likely N-dealkylation sites (N-methyl/N-ethyl adjacent to an activating group) is 1. The van der Waals surface area contributed by atoms with Crippen molar-refractivity contribution in [2.45, 2.75) is 27.2 Å². The number of aromatic nitrogens is 1. The third-order valence-corrected chi connectivity index (χ3v) is 3.99. The minimum atomic E-state index is -0.0889. The number of benzene rings is 1. The van der Waals surface area contributed by atoms with Gasteiger partial charge in [0.1, 0.15) is 0 Å². The molecule has 27 heavy (non-hydrogen) atoms. The maximum absolute atomic E-state index is 12.9. The maximum Gasteiger partial charge on any atom is 0.253 e. The normalized spacial score (nSPS) is 10.4. The maximum atomic E-state index is 12.9. The number of ether oxygens (including phenoxy) is 3. The van der Waals surface area contributed by atoms with Crippen LogP contribution in [0.15, 0.2) is 36.7 Å². The average molecular weight is 372 g/mol. The van der Waals surface area contributed by atoms with Crippen molar-refractivity contribution in [2.75, 3.05) is 33.4 Å². The molecular weight excluding hydrogens is 344 g/mol. The Morgan fingerprint density at radius 2 is 1.52 bits per heavy atom. The lowest BCUT2D eigenvalue weighted by Crippen LogP contribution is -2.29. The zero-order valence-corrected chi connectivity index (χ0v) is 16.5. The topological polar surface area (TPSA) is 60.9 Å². The van der Waals surface area contributed by atoms with Crippen LogP contribution in [0.25, 0.3) is 0 Å². The highest BCUT2D eigenvalue weighted by Crippen LogP contribution is 2.39. The first kappa shape index (κ1) is 20.6. The molecule has 1 heterocycles.